The molecule has 27 heavy (non-hydrogen) atoms. The predicted molar refractivity (Wildman–Crippen MR) is 99.7 cm³/mol. The van der Waals surface area contributed by atoms with Crippen molar-refractivity contribution in [2.45, 2.75) is 16.9 Å². The van der Waals surface area contributed by atoms with Crippen molar-refractivity contribution in [2.75, 3.05) is 33.4 Å². The summed E-state index contributed by atoms with van der Waals surface area (Å²) < 4.78 is 51.8. The molecule has 8 heteroatoms. The third-order valence-electron chi connectivity index (χ3n) is 4.63. The molecule has 1 fully saturated rings. The van der Waals surface area contributed by atoms with Crippen molar-refractivity contribution in [1.82, 2.24) is 4.31 Å². The Morgan fingerprint density at radius 3 is 2.59 bits per heavy atom. The van der Waals surface area contributed by atoms with Crippen molar-refractivity contribution in [3.05, 3.63) is 59.9 Å². The van der Waals surface area contributed by atoms with Crippen molar-refractivity contribution in [3.8, 4) is 5.75 Å². The first-order valence-corrected chi connectivity index (χ1v) is 10.1. The number of hydrogen-bond donors (Lipinski definition) is 1. The number of nitrogens with two attached hydrogens (primary N) is 1. The molecule has 0 unspecified atom stereocenters. The SMILES string of the molecule is COCCOc1ccc(F)cc1S(=O)(=O)N1C[C@@H](N)[C@H](c2ccccc2)C1. The van der Waals surface area contributed by atoms with Crippen LogP contribution in [0.2, 0.25) is 0 Å². The summed E-state index contributed by atoms with van der Waals surface area (Å²) in [5.74, 6) is -0.659. The molecule has 1 heterocycles. The van der Waals surface area contributed by atoms with Crippen molar-refractivity contribution in [1.29, 1.82) is 0 Å². The molecule has 0 aromatic heterocycles. The second-order valence-electron chi connectivity index (χ2n) is 6.44. The van der Waals surface area contributed by atoms with Gasteiger partial charge < -0.3 is 15.2 Å². The molecule has 0 amide bonds. The fourth-order valence-electron chi connectivity index (χ4n) is 3.22. The van der Waals surface area contributed by atoms with Gasteiger partial charge in [-0.15, -0.1) is 0 Å². The minimum absolute atomic E-state index is 0.102. The van der Waals surface area contributed by atoms with Crippen LogP contribution in [0.4, 0.5) is 4.39 Å². The largest absolute Gasteiger partial charge is 0.490 e. The molecule has 3 rings (SSSR count). The minimum Gasteiger partial charge on any atom is -0.490 e. The van der Waals surface area contributed by atoms with Crippen LogP contribution < -0.4 is 10.5 Å². The van der Waals surface area contributed by atoms with E-state index in [1.165, 1.54) is 23.5 Å². The monoisotopic (exact) mass is 394 g/mol. The summed E-state index contributed by atoms with van der Waals surface area (Å²) in [4.78, 5) is -0.195. The van der Waals surface area contributed by atoms with Crippen LogP contribution >= 0.6 is 0 Å². The smallest absolute Gasteiger partial charge is 0.246 e. The van der Waals surface area contributed by atoms with Gasteiger partial charge in [0.1, 0.15) is 23.1 Å². The highest BCUT2D eigenvalue weighted by molar-refractivity contribution is 7.89. The van der Waals surface area contributed by atoms with Crippen LogP contribution in [-0.4, -0.2) is 52.2 Å². The second-order valence-corrected chi connectivity index (χ2v) is 8.34. The molecule has 146 valence electrons. The highest BCUT2D eigenvalue weighted by Gasteiger charge is 2.39. The zero-order valence-corrected chi connectivity index (χ0v) is 15.9. The van der Waals surface area contributed by atoms with Crippen molar-refractivity contribution in [2.24, 2.45) is 5.73 Å². The lowest BCUT2D eigenvalue weighted by molar-refractivity contribution is 0.144. The predicted octanol–water partition coefficient (Wildman–Crippen LogP) is 1.97. The highest BCUT2D eigenvalue weighted by atomic mass is 32.2. The second kappa shape index (κ2) is 8.35. The van der Waals surface area contributed by atoms with Gasteiger partial charge in [0.2, 0.25) is 10.0 Å². The van der Waals surface area contributed by atoms with Crippen LogP contribution in [0.25, 0.3) is 0 Å². The summed E-state index contributed by atoms with van der Waals surface area (Å²) in [6.07, 6.45) is 0. The van der Waals surface area contributed by atoms with Gasteiger partial charge in [0.25, 0.3) is 0 Å². The lowest BCUT2D eigenvalue weighted by Crippen LogP contribution is -2.32. The Morgan fingerprint density at radius 1 is 1.15 bits per heavy atom. The molecule has 0 bridgehead atoms. The van der Waals surface area contributed by atoms with Crippen molar-refractivity contribution < 1.29 is 22.3 Å². The van der Waals surface area contributed by atoms with Crippen LogP contribution in [0.15, 0.2) is 53.4 Å². The van der Waals surface area contributed by atoms with Gasteiger partial charge in [-0.1, -0.05) is 30.3 Å². The van der Waals surface area contributed by atoms with E-state index in [-0.39, 0.29) is 42.3 Å². The molecule has 1 aliphatic rings. The lowest BCUT2D eigenvalue weighted by Gasteiger charge is -2.19. The Morgan fingerprint density at radius 2 is 1.89 bits per heavy atom. The van der Waals surface area contributed by atoms with Gasteiger partial charge in [0.15, 0.2) is 0 Å². The first-order chi connectivity index (χ1) is 12.9. The fourth-order valence-corrected chi connectivity index (χ4v) is 4.86. The van der Waals surface area contributed by atoms with Crippen molar-refractivity contribution >= 4 is 10.0 Å². The van der Waals surface area contributed by atoms with Crippen LogP contribution in [0.1, 0.15) is 11.5 Å². The number of hydrogen-bond acceptors (Lipinski definition) is 5. The molecular weight excluding hydrogens is 371 g/mol. The maximum Gasteiger partial charge on any atom is 0.246 e. The molecule has 0 aliphatic carbocycles. The summed E-state index contributed by atoms with van der Waals surface area (Å²) in [7, 11) is -2.44. The first kappa shape index (κ1) is 19.8. The number of rotatable bonds is 7. The average molecular weight is 394 g/mol. The molecule has 0 radical (unpaired) electrons. The molecule has 2 atom stereocenters. The molecule has 2 aromatic carbocycles. The summed E-state index contributed by atoms with van der Waals surface area (Å²) in [5, 5.41) is 0. The first-order valence-electron chi connectivity index (χ1n) is 8.65. The third-order valence-corrected chi connectivity index (χ3v) is 6.48. The molecule has 0 saturated carbocycles. The summed E-state index contributed by atoms with van der Waals surface area (Å²) in [6.45, 7) is 0.857. The van der Waals surface area contributed by atoms with Gasteiger partial charge in [-0.2, -0.15) is 4.31 Å². The number of sulfonamides is 1. The van der Waals surface area contributed by atoms with E-state index < -0.39 is 15.8 Å². The number of halogens is 1. The average Bonchev–Trinajstić information content (AvgIpc) is 3.06. The zero-order chi connectivity index (χ0) is 19.4. The van der Waals surface area contributed by atoms with E-state index >= 15 is 0 Å². The van der Waals surface area contributed by atoms with Gasteiger partial charge >= 0.3 is 0 Å². The van der Waals surface area contributed by atoms with Crippen LogP contribution in [0.3, 0.4) is 0 Å². The molecule has 1 saturated heterocycles. The van der Waals surface area contributed by atoms with Crippen LogP contribution in [0, 0.1) is 5.82 Å². The molecule has 0 spiro atoms. The zero-order valence-electron chi connectivity index (χ0n) is 15.0. The van der Waals surface area contributed by atoms with Gasteiger partial charge in [0.05, 0.1) is 6.61 Å². The van der Waals surface area contributed by atoms with E-state index in [1.807, 2.05) is 30.3 Å². The minimum atomic E-state index is -3.96. The number of ether oxygens (including phenoxy) is 2. The Hall–Kier alpha value is -2.00. The van der Waals surface area contributed by atoms with Gasteiger partial charge in [-0.3, -0.25) is 0 Å². The summed E-state index contributed by atoms with van der Waals surface area (Å²) in [5.41, 5.74) is 7.20. The third kappa shape index (κ3) is 4.30. The fraction of sp³-hybridized carbons (Fsp3) is 0.368. The van der Waals surface area contributed by atoms with Gasteiger partial charge in [-0.25, -0.2) is 12.8 Å². The Kier molecular flexibility index (Phi) is 6.11. The highest BCUT2D eigenvalue weighted by Crippen LogP contribution is 2.34. The topological polar surface area (TPSA) is 81.9 Å². The molecular formula is C19H23FN2O4S. The Bertz CT molecular complexity index is 877. The number of benzene rings is 2. The number of nitrogens with zero attached hydrogens (tertiary/aromatic N) is 1. The maximum absolute atomic E-state index is 13.8. The molecule has 1 aliphatic heterocycles. The Balaban J connectivity index is 1.87. The summed E-state index contributed by atoms with van der Waals surface area (Å²) >= 11 is 0. The van der Waals surface area contributed by atoms with E-state index in [4.69, 9.17) is 15.2 Å². The van der Waals surface area contributed by atoms with Crippen molar-refractivity contribution in [3.63, 3.8) is 0 Å². The maximum atomic E-state index is 13.8. The van der Waals surface area contributed by atoms with E-state index in [9.17, 15) is 12.8 Å². The van der Waals surface area contributed by atoms with Gasteiger partial charge in [-0.05, 0) is 23.8 Å². The van der Waals surface area contributed by atoms with Crippen LogP contribution in [-0.2, 0) is 14.8 Å². The van der Waals surface area contributed by atoms with E-state index in [0.717, 1.165) is 11.6 Å². The quantitative estimate of drug-likeness (QED) is 0.726. The molecule has 2 N–H and O–H groups in total. The molecule has 2 aromatic rings. The molecule has 6 nitrogen and oxygen atoms in total. The van der Waals surface area contributed by atoms with Gasteiger partial charge in [0, 0.05) is 32.2 Å². The standard InChI is InChI=1S/C19H23FN2O4S/c1-25-9-10-26-18-8-7-15(20)11-19(18)27(23,24)22-12-16(17(21)13-22)14-5-3-2-4-6-14/h2-8,11,16-17H,9-10,12-13,21H2,1H3/t16-,17+/m0/s1. The Labute approximate surface area is 158 Å². The number of methoxy groups -OCH3 is 1. The van der Waals surface area contributed by atoms with E-state index in [2.05, 4.69) is 0 Å². The summed E-state index contributed by atoms with van der Waals surface area (Å²) in [6, 6.07) is 12.7. The van der Waals surface area contributed by atoms with E-state index in [1.54, 1.807) is 0 Å². The van der Waals surface area contributed by atoms with E-state index in [0.29, 0.717) is 6.61 Å². The lowest BCUT2D eigenvalue weighted by atomic mass is 9.95. The van der Waals surface area contributed by atoms with Crippen LogP contribution in [0.5, 0.6) is 5.75 Å². The normalized spacial score (nSPS) is 20.7.